The van der Waals surface area contributed by atoms with Crippen LogP contribution in [-0.2, 0) is 9.59 Å². The van der Waals surface area contributed by atoms with Gasteiger partial charge in [0, 0.05) is 6.54 Å². The van der Waals surface area contributed by atoms with Crippen molar-refractivity contribution in [1.82, 2.24) is 5.32 Å². The van der Waals surface area contributed by atoms with Gasteiger partial charge in [0.05, 0.1) is 0 Å². The molecule has 0 saturated heterocycles. The molecule has 0 aromatic carbocycles. The van der Waals surface area contributed by atoms with Crippen molar-refractivity contribution in [2.45, 2.75) is 32.6 Å². The number of halogens is 2. The third kappa shape index (κ3) is 5.98. The normalized spacial score (nSPS) is 11.9. The molecule has 92 valence electrons. The fourth-order valence-corrected chi connectivity index (χ4v) is 1.26. The minimum absolute atomic E-state index is 0.471. The topological polar surface area (TPSA) is 66.4 Å². The fourth-order valence-electron chi connectivity index (χ4n) is 1.02. The molecule has 2 N–H and O–H groups in total. The van der Waals surface area contributed by atoms with Gasteiger partial charge in [-0.2, -0.15) is 0 Å². The zero-order chi connectivity index (χ0) is 12.6. The molecule has 0 aliphatic rings. The molecule has 0 aliphatic heterocycles. The Hall–Kier alpha value is -0.740. The van der Waals surface area contributed by atoms with E-state index in [-0.39, 0.29) is 0 Å². The average molecular weight is 268 g/mol. The summed E-state index contributed by atoms with van der Waals surface area (Å²) in [5.41, 5.74) is 0. The van der Waals surface area contributed by atoms with Crippen LogP contribution in [0.2, 0.25) is 0 Å². The predicted molar refractivity (Wildman–Crippen MR) is 63.5 cm³/mol. The third-order valence-electron chi connectivity index (χ3n) is 1.90. The van der Waals surface area contributed by atoms with E-state index in [1.54, 1.807) is 0 Å². The van der Waals surface area contributed by atoms with Crippen LogP contribution in [0.15, 0.2) is 10.1 Å². The highest BCUT2D eigenvalue weighted by Gasteiger charge is 2.16. The lowest BCUT2D eigenvalue weighted by molar-refractivity contribution is -0.132. The number of rotatable bonds is 7. The van der Waals surface area contributed by atoms with Crippen LogP contribution in [0.5, 0.6) is 0 Å². The number of aliphatic carboxylic acids is 1. The van der Waals surface area contributed by atoms with Crippen LogP contribution in [0.3, 0.4) is 0 Å². The van der Waals surface area contributed by atoms with E-state index < -0.39 is 21.9 Å². The molecule has 6 heteroatoms. The largest absolute Gasteiger partial charge is 0.477 e. The maximum Gasteiger partial charge on any atom is 0.349 e. The van der Waals surface area contributed by atoms with Crippen molar-refractivity contribution < 1.29 is 14.7 Å². The maximum absolute atomic E-state index is 11.3. The highest BCUT2D eigenvalue weighted by molar-refractivity contribution is 6.53. The molecule has 0 rings (SSSR count). The Kier molecular flexibility index (Phi) is 8.03. The maximum atomic E-state index is 11.3. The number of carbonyl (C=O) groups excluding carboxylic acids is 1. The van der Waals surface area contributed by atoms with E-state index in [4.69, 9.17) is 28.3 Å². The number of hydrogen-bond acceptors (Lipinski definition) is 2. The second-order valence-corrected chi connectivity index (χ2v) is 4.01. The van der Waals surface area contributed by atoms with Gasteiger partial charge in [-0.1, -0.05) is 49.4 Å². The first kappa shape index (κ1) is 15.3. The van der Waals surface area contributed by atoms with Crippen LogP contribution in [-0.4, -0.2) is 23.5 Å². The summed E-state index contributed by atoms with van der Waals surface area (Å²) in [4.78, 5) is 21.7. The van der Waals surface area contributed by atoms with Gasteiger partial charge in [-0.05, 0) is 6.42 Å². The summed E-state index contributed by atoms with van der Waals surface area (Å²) in [5, 5.41) is 9.85. The first-order chi connectivity index (χ1) is 7.50. The molecule has 0 saturated carbocycles. The molecular formula is C10H15Cl2NO3. The smallest absolute Gasteiger partial charge is 0.349 e. The Balaban J connectivity index is 3.98. The van der Waals surface area contributed by atoms with E-state index >= 15 is 0 Å². The zero-order valence-corrected chi connectivity index (χ0v) is 10.6. The van der Waals surface area contributed by atoms with Crippen molar-refractivity contribution in [3.05, 3.63) is 10.1 Å². The second kappa shape index (κ2) is 8.42. The van der Waals surface area contributed by atoms with E-state index in [2.05, 4.69) is 12.2 Å². The Bertz CT molecular complexity index is 290. The van der Waals surface area contributed by atoms with E-state index in [0.717, 1.165) is 25.7 Å². The Morgan fingerprint density at radius 1 is 1.12 bits per heavy atom. The number of carboxylic acid groups (broad SMARTS) is 1. The first-order valence-electron chi connectivity index (χ1n) is 5.07. The minimum atomic E-state index is -1.41. The van der Waals surface area contributed by atoms with Crippen LogP contribution >= 0.6 is 23.2 Å². The molecule has 0 heterocycles. The van der Waals surface area contributed by atoms with Gasteiger partial charge in [-0.25, -0.2) is 4.79 Å². The lowest BCUT2D eigenvalue weighted by Gasteiger charge is -2.04. The van der Waals surface area contributed by atoms with Crippen molar-refractivity contribution >= 4 is 35.1 Å². The van der Waals surface area contributed by atoms with Crippen molar-refractivity contribution in [1.29, 1.82) is 0 Å². The van der Waals surface area contributed by atoms with Crippen molar-refractivity contribution in [2.24, 2.45) is 0 Å². The zero-order valence-electron chi connectivity index (χ0n) is 9.06. The van der Waals surface area contributed by atoms with Crippen LogP contribution in [0.4, 0.5) is 0 Å². The third-order valence-corrected chi connectivity index (χ3v) is 2.70. The van der Waals surface area contributed by atoms with Crippen LogP contribution < -0.4 is 5.32 Å². The number of carboxylic acids is 1. The van der Waals surface area contributed by atoms with Crippen molar-refractivity contribution in [2.75, 3.05) is 6.54 Å². The lowest BCUT2D eigenvalue weighted by atomic mass is 10.2. The van der Waals surface area contributed by atoms with E-state index in [1.807, 2.05) is 0 Å². The summed E-state index contributed by atoms with van der Waals surface area (Å²) in [6.07, 6.45) is 4.08. The van der Waals surface area contributed by atoms with Crippen LogP contribution in [0.25, 0.3) is 0 Å². The van der Waals surface area contributed by atoms with Gasteiger partial charge in [0.2, 0.25) is 0 Å². The predicted octanol–water partition coefficient (Wildman–Crippen LogP) is 2.46. The fraction of sp³-hybridized carbons (Fsp3) is 0.600. The Morgan fingerprint density at radius 3 is 2.25 bits per heavy atom. The molecule has 0 aliphatic carbocycles. The Morgan fingerprint density at radius 2 is 1.75 bits per heavy atom. The van der Waals surface area contributed by atoms with Gasteiger partial charge in [-0.3, -0.25) is 4.79 Å². The summed E-state index contributed by atoms with van der Waals surface area (Å²) in [6.45, 7) is 2.56. The molecule has 0 unspecified atom stereocenters. The lowest BCUT2D eigenvalue weighted by Crippen LogP contribution is -2.25. The summed E-state index contributed by atoms with van der Waals surface area (Å²) < 4.78 is 0. The van der Waals surface area contributed by atoms with Crippen LogP contribution in [0.1, 0.15) is 32.6 Å². The van der Waals surface area contributed by atoms with Gasteiger partial charge >= 0.3 is 5.97 Å². The number of carbonyl (C=O) groups is 2. The average Bonchev–Trinajstić information content (AvgIpc) is 2.26. The van der Waals surface area contributed by atoms with Gasteiger partial charge in [0.1, 0.15) is 10.1 Å². The molecule has 0 aromatic heterocycles. The number of amides is 1. The van der Waals surface area contributed by atoms with Crippen LogP contribution in [0, 0.1) is 0 Å². The first-order valence-corrected chi connectivity index (χ1v) is 5.83. The van der Waals surface area contributed by atoms with Crippen molar-refractivity contribution in [3.63, 3.8) is 0 Å². The molecule has 0 spiro atoms. The molecule has 0 radical (unpaired) electrons. The standard InChI is InChI=1S/C10H15Cl2NO3/c1-2-3-4-5-6-13-9(14)7(11)8(12)10(15)16/h2-6H2,1H3,(H,13,14)(H,15,16)/b8-7+. The quantitative estimate of drug-likeness (QED) is 0.550. The molecule has 4 nitrogen and oxygen atoms in total. The SMILES string of the molecule is CCCCCCNC(=O)/C(Cl)=C(\Cl)C(=O)O. The molecule has 0 bridgehead atoms. The van der Waals surface area contributed by atoms with E-state index in [1.165, 1.54) is 0 Å². The monoisotopic (exact) mass is 267 g/mol. The van der Waals surface area contributed by atoms with E-state index in [0.29, 0.717) is 6.54 Å². The highest BCUT2D eigenvalue weighted by atomic mass is 35.5. The van der Waals surface area contributed by atoms with Crippen molar-refractivity contribution in [3.8, 4) is 0 Å². The summed E-state index contributed by atoms with van der Waals surface area (Å²) in [5.74, 6) is -2.06. The molecule has 16 heavy (non-hydrogen) atoms. The summed E-state index contributed by atoms with van der Waals surface area (Å²) in [6, 6.07) is 0. The van der Waals surface area contributed by atoms with E-state index in [9.17, 15) is 9.59 Å². The highest BCUT2D eigenvalue weighted by Crippen LogP contribution is 2.14. The number of hydrogen-bond donors (Lipinski definition) is 2. The molecular weight excluding hydrogens is 253 g/mol. The second-order valence-electron chi connectivity index (χ2n) is 3.25. The molecule has 0 fully saturated rings. The van der Waals surface area contributed by atoms with Gasteiger partial charge in [0.25, 0.3) is 5.91 Å². The number of nitrogens with one attached hydrogen (secondary N) is 1. The number of unbranched alkanes of at least 4 members (excludes halogenated alkanes) is 3. The van der Waals surface area contributed by atoms with Gasteiger partial charge < -0.3 is 10.4 Å². The molecule has 0 aromatic rings. The van der Waals surface area contributed by atoms with Gasteiger partial charge in [-0.15, -0.1) is 0 Å². The molecule has 1 amide bonds. The minimum Gasteiger partial charge on any atom is -0.477 e. The molecule has 0 atom stereocenters. The Labute approximate surface area is 105 Å². The van der Waals surface area contributed by atoms with Gasteiger partial charge in [0.15, 0.2) is 0 Å². The summed E-state index contributed by atoms with van der Waals surface area (Å²) >= 11 is 10.8. The summed E-state index contributed by atoms with van der Waals surface area (Å²) in [7, 11) is 0.